The van der Waals surface area contributed by atoms with Crippen LogP contribution in [0.25, 0.3) is 10.9 Å². The van der Waals surface area contributed by atoms with E-state index in [1.54, 1.807) is 20.8 Å². The molecule has 0 aliphatic carbocycles. The predicted octanol–water partition coefficient (Wildman–Crippen LogP) is 6.26. The van der Waals surface area contributed by atoms with Crippen LogP contribution in [-0.2, 0) is 4.74 Å². The Hall–Kier alpha value is -2.95. The number of carbonyl (C=O) groups excluding carboxylic acids is 1. The van der Waals surface area contributed by atoms with Gasteiger partial charge in [-0.15, -0.1) is 0 Å². The topological polar surface area (TPSA) is 134 Å². The summed E-state index contributed by atoms with van der Waals surface area (Å²) in [6.07, 6.45) is 2.09. The summed E-state index contributed by atoms with van der Waals surface area (Å²) in [6, 6.07) is 2.70. The van der Waals surface area contributed by atoms with E-state index in [4.69, 9.17) is 21.1 Å². The van der Waals surface area contributed by atoms with Gasteiger partial charge in [0.2, 0.25) is 0 Å². The van der Waals surface area contributed by atoms with Crippen molar-refractivity contribution in [1.29, 1.82) is 5.26 Å². The van der Waals surface area contributed by atoms with Crippen molar-refractivity contribution in [2.45, 2.75) is 76.6 Å². The van der Waals surface area contributed by atoms with Gasteiger partial charge < -0.3 is 24.6 Å². The van der Waals surface area contributed by atoms with E-state index >= 15 is 4.39 Å². The number of likely N-dealkylation sites (tertiary alicyclic amines) is 2. The number of halogens is 3. The van der Waals surface area contributed by atoms with Crippen LogP contribution in [-0.4, -0.2) is 76.3 Å². The van der Waals surface area contributed by atoms with Crippen molar-refractivity contribution in [3.8, 4) is 11.9 Å². The first-order valence-corrected chi connectivity index (χ1v) is 14.6. The number of amides is 1. The third-order valence-electron chi connectivity index (χ3n) is 7.34. The summed E-state index contributed by atoms with van der Waals surface area (Å²) in [4.78, 5) is 32.6. The number of carbonyl (C=O) groups is 1. The summed E-state index contributed by atoms with van der Waals surface area (Å²) < 4.78 is 26.8. The summed E-state index contributed by atoms with van der Waals surface area (Å²) in [6.45, 7) is 6.59. The number of hydrogen-bond donors (Lipinski definition) is 1. The Kier molecular flexibility index (Phi) is 9.45. The highest BCUT2D eigenvalue weighted by Crippen LogP contribution is 2.44. The summed E-state index contributed by atoms with van der Waals surface area (Å²) >= 11 is 9.40. The van der Waals surface area contributed by atoms with Crippen LogP contribution < -0.4 is 10.1 Å². The second kappa shape index (κ2) is 12.5. The standard InChI is InChI=1S/C27H33BrClFN6O5/c1-27(2,3)41-26(37)35-11-8-15(12-16(35)7-9-31)32-23-18-13-19(29)20(28)21(30)22(18)33-25(24(23)36(38)39)40-14-17-6-5-10-34(17)4/h13,15-17H,5-8,10-12,14H2,1-4H3,(H,32,33)/t15-,16+,17-/m0/s1. The lowest BCUT2D eigenvalue weighted by molar-refractivity contribution is -0.385. The number of nitrogens with zero attached hydrogens (tertiary/aromatic N) is 5. The summed E-state index contributed by atoms with van der Waals surface area (Å²) in [5, 5.41) is 25.3. The Morgan fingerprint density at radius 2 is 2.10 bits per heavy atom. The van der Waals surface area contributed by atoms with Crippen molar-refractivity contribution in [2.24, 2.45) is 0 Å². The van der Waals surface area contributed by atoms with Crippen LogP contribution >= 0.6 is 27.5 Å². The van der Waals surface area contributed by atoms with Crippen LogP contribution in [0, 0.1) is 27.3 Å². The Labute approximate surface area is 251 Å². The molecular weight excluding hydrogens is 623 g/mol. The van der Waals surface area contributed by atoms with Gasteiger partial charge in [-0.05, 0) is 82.0 Å². The van der Waals surface area contributed by atoms with Gasteiger partial charge in [-0.25, -0.2) is 14.2 Å². The normalized spacial score (nSPS) is 21.5. The number of hydrogen-bond acceptors (Lipinski definition) is 9. The summed E-state index contributed by atoms with van der Waals surface area (Å²) in [7, 11) is 1.95. The fourth-order valence-electron chi connectivity index (χ4n) is 5.30. The Bertz CT molecular complexity index is 1380. The zero-order valence-corrected chi connectivity index (χ0v) is 25.7. The van der Waals surface area contributed by atoms with Gasteiger partial charge >= 0.3 is 11.8 Å². The first-order chi connectivity index (χ1) is 19.3. The van der Waals surface area contributed by atoms with Crippen molar-refractivity contribution in [3.05, 3.63) is 31.5 Å². The number of ether oxygens (including phenoxy) is 2. The van der Waals surface area contributed by atoms with E-state index in [0.717, 1.165) is 19.4 Å². The van der Waals surface area contributed by atoms with Gasteiger partial charge in [-0.2, -0.15) is 5.26 Å². The molecule has 4 rings (SSSR count). The molecular formula is C27H33BrClFN6O5. The molecule has 1 aromatic carbocycles. The second-order valence-electron chi connectivity index (χ2n) is 11.4. The van der Waals surface area contributed by atoms with Gasteiger partial charge in [0.05, 0.1) is 26.9 Å². The number of pyridine rings is 1. The SMILES string of the molecule is CN1CCC[C@H]1COc1nc2c(F)c(Br)c(Cl)cc2c(N[C@H]2CCN(C(=O)OC(C)(C)C)[C@H](CC#N)C2)c1[N+](=O)[O-]. The van der Waals surface area contributed by atoms with Gasteiger partial charge in [0.15, 0.2) is 5.82 Å². The van der Waals surface area contributed by atoms with Crippen molar-refractivity contribution < 1.29 is 23.6 Å². The maximum absolute atomic E-state index is 15.4. The number of piperidine rings is 1. The number of nitro groups is 1. The van der Waals surface area contributed by atoms with Crippen molar-refractivity contribution in [1.82, 2.24) is 14.8 Å². The number of fused-ring (bicyclic) bond motifs is 1. The van der Waals surface area contributed by atoms with Gasteiger partial charge in [-0.1, -0.05) is 11.6 Å². The minimum Gasteiger partial charge on any atom is -0.471 e. The maximum Gasteiger partial charge on any atom is 0.410 e. The number of nitrogens with one attached hydrogen (secondary N) is 1. The quantitative estimate of drug-likeness (QED) is 0.208. The van der Waals surface area contributed by atoms with Crippen molar-refractivity contribution in [3.63, 3.8) is 0 Å². The zero-order valence-electron chi connectivity index (χ0n) is 23.4. The molecule has 2 saturated heterocycles. The molecule has 14 heteroatoms. The average molecular weight is 656 g/mol. The van der Waals surface area contributed by atoms with Crippen LogP contribution in [0.3, 0.4) is 0 Å². The van der Waals surface area contributed by atoms with Crippen LogP contribution in [0.2, 0.25) is 5.02 Å². The minimum absolute atomic E-state index is 0.0137. The number of aromatic nitrogens is 1. The lowest BCUT2D eigenvalue weighted by atomic mass is 9.95. The lowest BCUT2D eigenvalue weighted by Crippen LogP contribution is -2.50. The lowest BCUT2D eigenvalue weighted by Gasteiger charge is -2.39. The summed E-state index contributed by atoms with van der Waals surface area (Å²) in [5.74, 6) is -1.06. The molecule has 0 saturated carbocycles. The van der Waals surface area contributed by atoms with E-state index in [2.05, 4.69) is 37.2 Å². The molecule has 1 aromatic heterocycles. The second-order valence-corrected chi connectivity index (χ2v) is 12.6. The highest BCUT2D eigenvalue weighted by atomic mass is 79.9. The molecule has 41 heavy (non-hydrogen) atoms. The van der Waals surface area contributed by atoms with E-state index < -0.39 is 40.2 Å². The number of nitriles is 1. The van der Waals surface area contributed by atoms with Crippen LogP contribution in [0.1, 0.15) is 52.9 Å². The van der Waals surface area contributed by atoms with E-state index in [9.17, 15) is 20.2 Å². The average Bonchev–Trinajstić information content (AvgIpc) is 3.30. The Morgan fingerprint density at radius 1 is 1.37 bits per heavy atom. The number of anilines is 1. The molecule has 1 amide bonds. The maximum atomic E-state index is 15.4. The number of likely N-dealkylation sites (N-methyl/N-ethyl adjacent to an activating group) is 1. The molecule has 2 fully saturated rings. The Morgan fingerprint density at radius 3 is 2.71 bits per heavy atom. The third kappa shape index (κ3) is 6.93. The van der Waals surface area contributed by atoms with Crippen LogP contribution in [0.5, 0.6) is 5.88 Å². The van der Waals surface area contributed by atoms with Gasteiger partial charge in [-0.3, -0.25) is 10.1 Å². The highest BCUT2D eigenvalue weighted by Gasteiger charge is 2.37. The fraction of sp³-hybridized carbons (Fsp3) is 0.593. The smallest absolute Gasteiger partial charge is 0.410 e. The molecule has 3 heterocycles. The molecule has 2 aliphatic heterocycles. The number of rotatable bonds is 7. The Balaban J connectivity index is 1.72. The highest BCUT2D eigenvalue weighted by molar-refractivity contribution is 9.10. The minimum atomic E-state index is -0.768. The molecule has 11 nitrogen and oxygen atoms in total. The van der Waals surface area contributed by atoms with Crippen LogP contribution in [0.4, 0.5) is 20.6 Å². The molecule has 2 aliphatic rings. The van der Waals surface area contributed by atoms with E-state index in [-0.39, 0.29) is 57.6 Å². The fourth-order valence-corrected chi connectivity index (χ4v) is 5.80. The van der Waals surface area contributed by atoms with Crippen molar-refractivity contribution in [2.75, 3.05) is 32.1 Å². The molecule has 0 bridgehead atoms. The van der Waals surface area contributed by atoms with E-state index in [0.29, 0.717) is 12.8 Å². The predicted molar refractivity (Wildman–Crippen MR) is 156 cm³/mol. The molecule has 222 valence electrons. The molecule has 0 radical (unpaired) electrons. The van der Waals surface area contributed by atoms with Gasteiger partial charge in [0.25, 0.3) is 5.88 Å². The monoisotopic (exact) mass is 654 g/mol. The first kappa shape index (κ1) is 31.0. The van der Waals surface area contributed by atoms with Crippen LogP contribution in [0.15, 0.2) is 10.5 Å². The van der Waals surface area contributed by atoms with Gasteiger partial charge in [0, 0.05) is 30.1 Å². The van der Waals surface area contributed by atoms with E-state index in [1.807, 2.05) is 7.05 Å². The third-order valence-corrected chi connectivity index (χ3v) is 8.65. The largest absolute Gasteiger partial charge is 0.471 e. The van der Waals surface area contributed by atoms with Crippen molar-refractivity contribution >= 4 is 55.9 Å². The number of benzene rings is 1. The molecule has 0 unspecified atom stereocenters. The first-order valence-electron chi connectivity index (χ1n) is 13.4. The molecule has 1 N–H and O–H groups in total. The van der Waals surface area contributed by atoms with Gasteiger partial charge in [0.1, 0.15) is 23.4 Å². The molecule has 0 spiro atoms. The molecule has 3 atom stereocenters. The molecule has 2 aromatic rings. The zero-order chi connectivity index (χ0) is 30.1. The summed E-state index contributed by atoms with van der Waals surface area (Å²) in [5.41, 5.74) is -1.25. The van der Waals surface area contributed by atoms with E-state index in [1.165, 1.54) is 11.0 Å².